The lowest BCUT2D eigenvalue weighted by Gasteiger charge is -2.24. The van der Waals surface area contributed by atoms with E-state index in [9.17, 15) is 44.7 Å². The number of primary amides is 1. The average Bonchev–Trinajstić information content (AvgIpc) is 3.28. The van der Waals surface area contributed by atoms with Crippen LogP contribution >= 0.6 is 0 Å². The van der Waals surface area contributed by atoms with Crippen LogP contribution in [0.25, 0.3) is 11.1 Å². The molecule has 0 radical (unpaired) electrons. The molecule has 7 nitrogen and oxygen atoms in total. The highest BCUT2D eigenvalue weighted by Gasteiger charge is 2.45. The lowest BCUT2D eigenvalue weighted by Crippen LogP contribution is -2.35. The van der Waals surface area contributed by atoms with E-state index in [2.05, 4.69) is 15.4 Å². The number of amides is 2. The van der Waals surface area contributed by atoms with E-state index in [1.807, 2.05) is 0 Å². The van der Waals surface area contributed by atoms with Crippen LogP contribution in [0.5, 0.6) is 0 Å². The SMILES string of the molecule is NC(=O)c1cc(-c2cccnc2C(Cc2cc(F)cc(F)c2)NC(=O)Cn2nc(C(F)(F)F)c3c2CCC(F)(F)C3)ccc1F. The molecule has 45 heavy (non-hydrogen) atoms. The maximum absolute atomic E-state index is 14.2. The predicted octanol–water partition coefficient (Wildman–Crippen LogP) is 5.70. The summed E-state index contributed by atoms with van der Waals surface area (Å²) in [5.41, 5.74) is 3.16. The van der Waals surface area contributed by atoms with Crippen molar-refractivity contribution in [3.05, 3.63) is 106 Å². The van der Waals surface area contributed by atoms with E-state index in [1.54, 1.807) is 0 Å². The van der Waals surface area contributed by atoms with Gasteiger partial charge in [-0.05, 0) is 54.3 Å². The van der Waals surface area contributed by atoms with E-state index < -0.39 is 90.0 Å². The van der Waals surface area contributed by atoms with E-state index in [4.69, 9.17) is 5.73 Å². The van der Waals surface area contributed by atoms with Crippen molar-refractivity contribution in [2.75, 3.05) is 0 Å². The summed E-state index contributed by atoms with van der Waals surface area (Å²) in [4.78, 5) is 29.4. The first-order chi connectivity index (χ1) is 21.1. The monoisotopic (exact) mass is 637 g/mol. The standard InChI is InChI=1S/C30H23F8N5O2/c31-17-8-15(9-18(32)12-17)10-23(26-19(2-1-7-40-26)16-3-4-22(33)20(11-16)28(39)45)41-25(44)14-43-24-5-6-29(34,35)13-21(24)27(42-43)30(36,37)38/h1-4,7-9,11-12,23H,5-6,10,13-14H2,(H2,39,45)(H,41,44). The zero-order chi connectivity index (χ0) is 32.7. The van der Waals surface area contributed by atoms with Gasteiger partial charge in [0.15, 0.2) is 5.69 Å². The zero-order valence-electron chi connectivity index (χ0n) is 23.1. The van der Waals surface area contributed by atoms with Crippen LogP contribution in [-0.2, 0) is 36.8 Å². The number of hydrogen-bond acceptors (Lipinski definition) is 4. The van der Waals surface area contributed by atoms with Crippen LogP contribution in [0.3, 0.4) is 0 Å². The average molecular weight is 638 g/mol. The summed E-state index contributed by atoms with van der Waals surface area (Å²) in [7, 11) is 0. The number of hydrogen-bond donors (Lipinski definition) is 2. The second-order valence-corrected chi connectivity index (χ2v) is 10.6. The number of aromatic nitrogens is 3. The molecule has 0 saturated carbocycles. The molecule has 3 N–H and O–H groups in total. The number of rotatable bonds is 8. The number of pyridine rings is 1. The molecule has 1 atom stereocenters. The fourth-order valence-electron chi connectivity index (χ4n) is 5.38. The van der Waals surface area contributed by atoms with E-state index in [1.165, 1.54) is 24.4 Å². The molecule has 5 rings (SSSR count). The predicted molar refractivity (Wildman–Crippen MR) is 143 cm³/mol. The van der Waals surface area contributed by atoms with Gasteiger partial charge >= 0.3 is 6.18 Å². The molecule has 15 heteroatoms. The van der Waals surface area contributed by atoms with Crippen LogP contribution in [0.2, 0.25) is 0 Å². The number of nitrogens with two attached hydrogens (primary N) is 1. The molecule has 2 aromatic heterocycles. The molecule has 1 aliphatic carbocycles. The lowest BCUT2D eigenvalue weighted by molar-refractivity contribution is -0.143. The number of carbonyl (C=O) groups excluding carboxylic acids is 2. The topological polar surface area (TPSA) is 103 Å². The van der Waals surface area contributed by atoms with Gasteiger partial charge in [-0.2, -0.15) is 18.3 Å². The van der Waals surface area contributed by atoms with Gasteiger partial charge in [0.1, 0.15) is 24.0 Å². The third kappa shape index (κ3) is 6.97. The molecular weight excluding hydrogens is 614 g/mol. The van der Waals surface area contributed by atoms with Gasteiger partial charge < -0.3 is 11.1 Å². The minimum Gasteiger partial charge on any atom is -0.366 e. The summed E-state index contributed by atoms with van der Waals surface area (Å²) < 4.78 is 112. The zero-order valence-corrected chi connectivity index (χ0v) is 23.1. The first-order valence-corrected chi connectivity index (χ1v) is 13.4. The Balaban J connectivity index is 1.53. The molecule has 0 aliphatic heterocycles. The molecule has 0 bridgehead atoms. The van der Waals surface area contributed by atoms with Gasteiger partial charge in [-0.3, -0.25) is 19.3 Å². The van der Waals surface area contributed by atoms with Gasteiger partial charge in [0.2, 0.25) is 5.91 Å². The normalized spacial score (nSPS) is 14.9. The Morgan fingerprint density at radius 1 is 1.04 bits per heavy atom. The van der Waals surface area contributed by atoms with Crippen LogP contribution in [0.15, 0.2) is 54.7 Å². The Hall–Kier alpha value is -4.82. The maximum atomic E-state index is 14.2. The Labute approximate surface area is 250 Å². The van der Waals surface area contributed by atoms with Crippen molar-refractivity contribution in [3.63, 3.8) is 0 Å². The van der Waals surface area contributed by atoms with Crippen molar-refractivity contribution in [2.24, 2.45) is 5.73 Å². The first kappa shape index (κ1) is 31.6. The third-order valence-corrected chi connectivity index (χ3v) is 7.30. The number of fused-ring (bicyclic) bond motifs is 1. The van der Waals surface area contributed by atoms with Crippen molar-refractivity contribution in [1.29, 1.82) is 0 Å². The van der Waals surface area contributed by atoms with Crippen LogP contribution in [0.4, 0.5) is 35.1 Å². The van der Waals surface area contributed by atoms with Crippen molar-refractivity contribution < 1.29 is 44.7 Å². The summed E-state index contributed by atoms with van der Waals surface area (Å²) in [5, 5.41) is 6.06. The Kier molecular flexibility index (Phi) is 8.38. The highest BCUT2D eigenvalue weighted by Crippen LogP contribution is 2.40. The molecule has 2 aromatic carbocycles. The summed E-state index contributed by atoms with van der Waals surface area (Å²) in [6.07, 6.45) is -6.36. The number of benzene rings is 2. The van der Waals surface area contributed by atoms with Crippen LogP contribution in [-0.4, -0.2) is 32.5 Å². The summed E-state index contributed by atoms with van der Waals surface area (Å²) in [5.74, 6) is -8.07. The van der Waals surface area contributed by atoms with Crippen molar-refractivity contribution in [2.45, 2.75) is 50.4 Å². The molecule has 0 spiro atoms. The van der Waals surface area contributed by atoms with Gasteiger partial charge in [-0.1, -0.05) is 12.1 Å². The number of nitrogens with one attached hydrogen (secondary N) is 1. The smallest absolute Gasteiger partial charge is 0.366 e. The first-order valence-electron chi connectivity index (χ1n) is 13.4. The number of nitrogens with zero attached hydrogens (tertiary/aromatic N) is 3. The molecule has 4 aromatic rings. The molecule has 0 saturated heterocycles. The second kappa shape index (κ2) is 11.9. The maximum Gasteiger partial charge on any atom is 0.435 e. The van der Waals surface area contributed by atoms with E-state index in [-0.39, 0.29) is 34.5 Å². The summed E-state index contributed by atoms with van der Waals surface area (Å²) in [6.45, 7) is -0.803. The summed E-state index contributed by atoms with van der Waals surface area (Å²) >= 11 is 0. The quantitative estimate of drug-likeness (QED) is 0.242. The second-order valence-electron chi connectivity index (χ2n) is 10.6. The van der Waals surface area contributed by atoms with Crippen molar-refractivity contribution >= 4 is 11.8 Å². The highest BCUT2D eigenvalue weighted by atomic mass is 19.4. The van der Waals surface area contributed by atoms with Gasteiger partial charge in [0.25, 0.3) is 11.8 Å². The largest absolute Gasteiger partial charge is 0.435 e. The fourth-order valence-corrected chi connectivity index (χ4v) is 5.38. The third-order valence-electron chi connectivity index (χ3n) is 7.30. The minimum absolute atomic E-state index is 0.0735. The minimum atomic E-state index is -5.05. The Bertz CT molecular complexity index is 1770. The van der Waals surface area contributed by atoms with Crippen LogP contribution in [0.1, 0.15) is 51.0 Å². The molecule has 2 heterocycles. The van der Waals surface area contributed by atoms with E-state index >= 15 is 0 Å². The van der Waals surface area contributed by atoms with Gasteiger partial charge in [-0.25, -0.2) is 22.0 Å². The van der Waals surface area contributed by atoms with Gasteiger partial charge in [-0.15, -0.1) is 0 Å². The van der Waals surface area contributed by atoms with E-state index in [0.29, 0.717) is 6.07 Å². The fraction of sp³-hybridized carbons (Fsp3) is 0.267. The van der Waals surface area contributed by atoms with Crippen molar-refractivity contribution in [3.8, 4) is 11.1 Å². The Morgan fingerprint density at radius 3 is 2.42 bits per heavy atom. The molecule has 2 amide bonds. The number of alkyl halides is 5. The van der Waals surface area contributed by atoms with Crippen LogP contribution in [0, 0.1) is 17.5 Å². The number of carbonyl (C=O) groups is 2. The van der Waals surface area contributed by atoms with Crippen LogP contribution < -0.4 is 11.1 Å². The molecule has 1 aliphatic rings. The van der Waals surface area contributed by atoms with Crippen molar-refractivity contribution in [1.82, 2.24) is 20.1 Å². The highest BCUT2D eigenvalue weighted by molar-refractivity contribution is 5.94. The lowest BCUT2D eigenvalue weighted by atomic mass is 9.92. The molecule has 236 valence electrons. The molecule has 0 fully saturated rings. The number of halogens is 8. The summed E-state index contributed by atoms with van der Waals surface area (Å²) in [6, 6.07) is 7.94. The Morgan fingerprint density at radius 2 is 1.76 bits per heavy atom. The van der Waals surface area contributed by atoms with Gasteiger partial charge in [0, 0.05) is 41.9 Å². The molecular formula is C30H23F8N5O2. The van der Waals surface area contributed by atoms with Gasteiger partial charge in [0.05, 0.1) is 17.3 Å². The molecule has 1 unspecified atom stereocenters. The van der Waals surface area contributed by atoms with E-state index in [0.717, 1.165) is 28.9 Å².